The molecule has 0 aliphatic heterocycles. The SMILES string of the molecule is COc1ccc(Nc2nc3ccc(OC)cc3c3c[nH]nc23)c(OC)c1. The van der Waals surface area contributed by atoms with E-state index in [-0.39, 0.29) is 0 Å². The zero-order valence-electron chi connectivity index (χ0n) is 14.7. The van der Waals surface area contributed by atoms with Crippen LogP contribution in [0.2, 0.25) is 0 Å². The van der Waals surface area contributed by atoms with Crippen molar-refractivity contribution >= 4 is 33.3 Å². The second-order valence-electron chi connectivity index (χ2n) is 5.68. The number of hydrogen-bond acceptors (Lipinski definition) is 6. The van der Waals surface area contributed by atoms with Crippen molar-refractivity contribution in [2.75, 3.05) is 26.6 Å². The van der Waals surface area contributed by atoms with E-state index in [1.54, 1.807) is 21.3 Å². The number of methoxy groups -OCH3 is 3. The molecule has 0 atom stereocenters. The summed E-state index contributed by atoms with van der Waals surface area (Å²) in [5.74, 6) is 2.79. The van der Waals surface area contributed by atoms with Crippen molar-refractivity contribution in [2.45, 2.75) is 0 Å². The summed E-state index contributed by atoms with van der Waals surface area (Å²) in [6, 6.07) is 11.3. The molecule has 7 nitrogen and oxygen atoms in total. The zero-order valence-corrected chi connectivity index (χ0v) is 14.7. The number of pyridine rings is 1. The Morgan fingerprint density at radius 1 is 0.885 bits per heavy atom. The molecular formula is C19H18N4O3. The minimum absolute atomic E-state index is 0.641. The highest BCUT2D eigenvalue weighted by atomic mass is 16.5. The lowest BCUT2D eigenvalue weighted by Gasteiger charge is -2.13. The minimum Gasteiger partial charge on any atom is -0.497 e. The number of benzene rings is 2. The smallest absolute Gasteiger partial charge is 0.159 e. The van der Waals surface area contributed by atoms with Crippen LogP contribution in [0.25, 0.3) is 21.8 Å². The van der Waals surface area contributed by atoms with Crippen LogP contribution in [-0.4, -0.2) is 36.5 Å². The van der Waals surface area contributed by atoms with Crippen LogP contribution in [0.4, 0.5) is 11.5 Å². The summed E-state index contributed by atoms with van der Waals surface area (Å²) in [6.45, 7) is 0. The Bertz CT molecular complexity index is 1090. The monoisotopic (exact) mass is 350 g/mol. The molecule has 2 N–H and O–H groups in total. The Kier molecular flexibility index (Phi) is 3.96. The number of fused-ring (bicyclic) bond motifs is 3. The molecule has 0 spiro atoms. The molecule has 0 saturated heterocycles. The lowest BCUT2D eigenvalue weighted by atomic mass is 10.1. The van der Waals surface area contributed by atoms with Gasteiger partial charge in [-0.1, -0.05) is 0 Å². The van der Waals surface area contributed by atoms with Crippen LogP contribution < -0.4 is 19.5 Å². The first kappa shape index (κ1) is 16.0. The van der Waals surface area contributed by atoms with Crippen LogP contribution in [0.5, 0.6) is 17.2 Å². The van der Waals surface area contributed by atoms with E-state index in [0.717, 1.165) is 39.0 Å². The number of ether oxygens (including phenoxy) is 3. The number of hydrogen-bond donors (Lipinski definition) is 2. The van der Waals surface area contributed by atoms with Crippen molar-refractivity contribution in [1.82, 2.24) is 15.2 Å². The summed E-state index contributed by atoms with van der Waals surface area (Å²) in [7, 11) is 4.88. The van der Waals surface area contributed by atoms with Gasteiger partial charge < -0.3 is 19.5 Å². The third kappa shape index (κ3) is 2.63. The van der Waals surface area contributed by atoms with Gasteiger partial charge in [-0.15, -0.1) is 0 Å². The van der Waals surface area contributed by atoms with Crippen LogP contribution in [0.15, 0.2) is 42.6 Å². The normalized spacial score (nSPS) is 10.9. The van der Waals surface area contributed by atoms with Crippen molar-refractivity contribution in [1.29, 1.82) is 0 Å². The van der Waals surface area contributed by atoms with E-state index < -0.39 is 0 Å². The van der Waals surface area contributed by atoms with Crippen molar-refractivity contribution in [3.8, 4) is 17.2 Å². The van der Waals surface area contributed by atoms with Gasteiger partial charge in [0.15, 0.2) is 5.82 Å². The lowest BCUT2D eigenvalue weighted by Crippen LogP contribution is -1.99. The van der Waals surface area contributed by atoms with E-state index in [0.29, 0.717) is 11.6 Å². The van der Waals surface area contributed by atoms with Crippen molar-refractivity contribution in [2.24, 2.45) is 0 Å². The van der Waals surface area contributed by atoms with Gasteiger partial charge in [-0.05, 0) is 30.3 Å². The molecule has 0 bridgehead atoms. The molecule has 0 aliphatic rings. The van der Waals surface area contributed by atoms with E-state index in [4.69, 9.17) is 19.2 Å². The van der Waals surface area contributed by atoms with Gasteiger partial charge in [0.2, 0.25) is 0 Å². The van der Waals surface area contributed by atoms with Gasteiger partial charge in [-0.3, -0.25) is 5.10 Å². The molecular weight excluding hydrogens is 332 g/mol. The first-order valence-electron chi connectivity index (χ1n) is 8.03. The fourth-order valence-corrected chi connectivity index (χ4v) is 2.92. The molecule has 2 aromatic heterocycles. The molecule has 2 aromatic carbocycles. The van der Waals surface area contributed by atoms with Crippen LogP contribution in [0.3, 0.4) is 0 Å². The quantitative estimate of drug-likeness (QED) is 0.568. The van der Waals surface area contributed by atoms with Gasteiger partial charge in [0.1, 0.15) is 22.8 Å². The molecule has 0 radical (unpaired) electrons. The fourth-order valence-electron chi connectivity index (χ4n) is 2.92. The molecule has 132 valence electrons. The number of nitrogens with zero attached hydrogens (tertiary/aromatic N) is 2. The molecule has 2 heterocycles. The van der Waals surface area contributed by atoms with Crippen LogP contribution in [0, 0.1) is 0 Å². The molecule has 4 rings (SSSR count). The number of anilines is 2. The molecule has 0 unspecified atom stereocenters. The fraction of sp³-hybridized carbons (Fsp3) is 0.158. The molecule has 0 amide bonds. The summed E-state index contributed by atoms with van der Waals surface area (Å²) in [5.41, 5.74) is 2.36. The topological polar surface area (TPSA) is 81.3 Å². The highest BCUT2D eigenvalue weighted by Crippen LogP contribution is 2.35. The number of rotatable bonds is 5. The second kappa shape index (κ2) is 6.44. The third-order valence-corrected chi connectivity index (χ3v) is 4.25. The first-order valence-corrected chi connectivity index (χ1v) is 8.03. The van der Waals surface area contributed by atoms with Crippen LogP contribution in [-0.2, 0) is 0 Å². The van der Waals surface area contributed by atoms with Crippen LogP contribution >= 0.6 is 0 Å². The average Bonchev–Trinajstić information content (AvgIpc) is 3.18. The van der Waals surface area contributed by atoms with Crippen molar-refractivity contribution < 1.29 is 14.2 Å². The molecule has 0 aliphatic carbocycles. The average molecular weight is 350 g/mol. The van der Waals surface area contributed by atoms with Crippen molar-refractivity contribution in [3.63, 3.8) is 0 Å². The second-order valence-corrected chi connectivity index (χ2v) is 5.68. The van der Waals surface area contributed by atoms with Gasteiger partial charge in [0.05, 0.1) is 32.5 Å². The first-order chi connectivity index (χ1) is 12.7. The molecule has 7 heteroatoms. The number of aromatic nitrogens is 3. The van der Waals surface area contributed by atoms with Gasteiger partial charge in [0.25, 0.3) is 0 Å². The maximum atomic E-state index is 5.46. The maximum Gasteiger partial charge on any atom is 0.159 e. The van der Waals surface area contributed by atoms with E-state index in [9.17, 15) is 0 Å². The van der Waals surface area contributed by atoms with Gasteiger partial charge in [-0.2, -0.15) is 5.10 Å². The largest absolute Gasteiger partial charge is 0.497 e. The summed E-state index contributed by atoms with van der Waals surface area (Å²) in [5, 5.41) is 12.5. The lowest BCUT2D eigenvalue weighted by molar-refractivity contribution is 0.395. The Morgan fingerprint density at radius 3 is 2.42 bits per heavy atom. The zero-order chi connectivity index (χ0) is 18.1. The minimum atomic E-state index is 0.641. The van der Waals surface area contributed by atoms with E-state index in [1.807, 2.05) is 42.6 Å². The highest BCUT2D eigenvalue weighted by molar-refractivity contribution is 6.09. The van der Waals surface area contributed by atoms with E-state index in [1.165, 1.54) is 0 Å². The predicted octanol–water partition coefficient (Wildman–Crippen LogP) is 3.88. The summed E-state index contributed by atoms with van der Waals surface area (Å²) in [4.78, 5) is 4.73. The van der Waals surface area contributed by atoms with Gasteiger partial charge in [-0.25, -0.2) is 4.98 Å². The van der Waals surface area contributed by atoms with E-state index >= 15 is 0 Å². The van der Waals surface area contributed by atoms with Crippen molar-refractivity contribution in [3.05, 3.63) is 42.6 Å². The third-order valence-electron chi connectivity index (χ3n) is 4.25. The molecule has 0 fully saturated rings. The number of nitrogens with one attached hydrogen (secondary N) is 2. The Morgan fingerprint density at radius 2 is 1.65 bits per heavy atom. The van der Waals surface area contributed by atoms with Gasteiger partial charge >= 0.3 is 0 Å². The van der Waals surface area contributed by atoms with Gasteiger partial charge in [0, 0.05) is 23.0 Å². The highest BCUT2D eigenvalue weighted by Gasteiger charge is 2.14. The summed E-state index contributed by atoms with van der Waals surface area (Å²) in [6.07, 6.45) is 1.86. The summed E-state index contributed by atoms with van der Waals surface area (Å²) < 4.78 is 16.0. The standard InChI is InChI=1S/C19H18N4O3/c1-24-11-4-6-15-13(8-11)14-10-20-23-18(14)19(21-15)22-16-7-5-12(25-2)9-17(16)26-3/h4-10H,1-3H3,(H,20,23)(H,21,22). The Balaban J connectivity index is 1.85. The van der Waals surface area contributed by atoms with Crippen LogP contribution in [0.1, 0.15) is 0 Å². The molecule has 4 aromatic rings. The van der Waals surface area contributed by atoms with E-state index in [2.05, 4.69) is 15.5 Å². The molecule has 0 saturated carbocycles. The number of H-pyrrole nitrogens is 1. The molecule has 26 heavy (non-hydrogen) atoms. The maximum absolute atomic E-state index is 5.46. The predicted molar refractivity (Wildman–Crippen MR) is 101 cm³/mol. The number of aromatic amines is 1. The Hall–Kier alpha value is -3.48. The Labute approximate surface area is 149 Å². The summed E-state index contributed by atoms with van der Waals surface area (Å²) >= 11 is 0.